The Kier molecular flexibility index (Phi) is 2.55. The van der Waals surface area contributed by atoms with E-state index in [1.807, 2.05) is 0 Å². The predicted octanol–water partition coefficient (Wildman–Crippen LogP) is 1.72. The third-order valence-corrected chi connectivity index (χ3v) is 1.80. The topological polar surface area (TPSA) is 56.0 Å². The van der Waals surface area contributed by atoms with Crippen LogP contribution in [-0.2, 0) is 0 Å². The highest BCUT2D eigenvalue weighted by atomic mass is 19.3. The van der Waals surface area contributed by atoms with Crippen molar-refractivity contribution in [1.82, 2.24) is 4.98 Å². The van der Waals surface area contributed by atoms with E-state index >= 15 is 0 Å². The van der Waals surface area contributed by atoms with Crippen molar-refractivity contribution in [2.45, 2.75) is 13.3 Å². The van der Waals surface area contributed by atoms with Gasteiger partial charge in [0.15, 0.2) is 6.29 Å². The molecule has 70 valence electrons. The Morgan fingerprint density at radius 2 is 2.23 bits per heavy atom. The van der Waals surface area contributed by atoms with Crippen LogP contribution < -0.4 is 5.73 Å². The maximum atomic E-state index is 12.3. The molecule has 0 aliphatic heterocycles. The molecule has 5 heteroatoms. The molecule has 0 atom stereocenters. The van der Waals surface area contributed by atoms with Crippen molar-refractivity contribution in [3.63, 3.8) is 0 Å². The minimum atomic E-state index is -2.62. The van der Waals surface area contributed by atoms with E-state index in [-0.39, 0.29) is 22.5 Å². The first-order chi connectivity index (χ1) is 6.07. The minimum Gasteiger partial charge on any atom is -0.397 e. The highest BCUT2D eigenvalue weighted by Gasteiger charge is 2.14. The third-order valence-electron chi connectivity index (χ3n) is 1.80. The summed E-state index contributed by atoms with van der Waals surface area (Å²) >= 11 is 0. The molecule has 1 rings (SSSR count). The van der Waals surface area contributed by atoms with Gasteiger partial charge in [0.05, 0.1) is 5.69 Å². The fraction of sp³-hybridized carbons (Fsp3) is 0.250. The fourth-order valence-electron chi connectivity index (χ4n) is 0.967. The van der Waals surface area contributed by atoms with Crippen LogP contribution in [0.15, 0.2) is 6.20 Å². The van der Waals surface area contributed by atoms with Crippen molar-refractivity contribution < 1.29 is 13.6 Å². The van der Waals surface area contributed by atoms with Crippen LogP contribution in [-0.4, -0.2) is 11.3 Å². The molecule has 3 nitrogen and oxygen atoms in total. The summed E-state index contributed by atoms with van der Waals surface area (Å²) in [5, 5.41) is 0. The van der Waals surface area contributed by atoms with Crippen LogP contribution in [0, 0.1) is 6.92 Å². The Hall–Kier alpha value is -1.52. The molecule has 0 amide bonds. The molecule has 1 heterocycles. The van der Waals surface area contributed by atoms with E-state index in [0.717, 1.165) is 6.20 Å². The SMILES string of the molecule is Cc1c(C(F)F)cnc(C=O)c1N. The number of carbonyl (C=O) groups excluding carboxylic acids is 1. The van der Waals surface area contributed by atoms with Crippen molar-refractivity contribution in [2.75, 3.05) is 5.73 Å². The molecule has 0 aromatic carbocycles. The van der Waals surface area contributed by atoms with Gasteiger partial charge in [0.2, 0.25) is 0 Å². The van der Waals surface area contributed by atoms with Gasteiger partial charge in [0, 0.05) is 11.8 Å². The Balaban J connectivity index is 3.31. The number of aldehydes is 1. The monoisotopic (exact) mass is 186 g/mol. The number of aromatic nitrogens is 1. The summed E-state index contributed by atoms with van der Waals surface area (Å²) in [7, 11) is 0. The predicted molar refractivity (Wildman–Crippen MR) is 43.7 cm³/mol. The van der Waals surface area contributed by atoms with E-state index in [4.69, 9.17) is 5.73 Å². The second-order valence-corrected chi connectivity index (χ2v) is 2.56. The van der Waals surface area contributed by atoms with Gasteiger partial charge in [0.25, 0.3) is 6.43 Å². The van der Waals surface area contributed by atoms with Gasteiger partial charge in [-0.3, -0.25) is 9.78 Å². The number of anilines is 1. The lowest BCUT2D eigenvalue weighted by Crippen LogP contribution is -2.03. The first kappa shape index (κ1) is 9.57. The quantitative estimate of drug-likeness (QED) is 0.715. The lowest BCUT2D eigenvalue weighted by Gasteiger charge is -2.07. The molecule has 2 N–H and O–H groups in total. The number of halogens is 2. The van der Waals surface area contributed by atoms with Crippen molar-refractivity contribution in [3.8, 4) is 0 Å². The van der Waals surface area contributed by atoms with E-state index < -0.39 is 6.43 Å². The molecule has 0 unspecified atom stereocenters. The molecule has 0 bridgehead atoms. The minimum absolute atomic E-state index is 0.00176. The van der Waals surface area contributed by atoms with E-state index in [0.29, 0.717) is 6.29 Å². The Bertz CT molecular complexity index is 339. The number of hydrogen-bond donors (Lipinski definition) is 1. The molecular formula is C8H8F2N2O. The Morgan fingerprint density at radius 1 is 1.62 bits per heavy atom. The van der Waals surface area contributed by atoms with E-state index in [1.165, 1.54) is 6.92 Å². The molecule has 0 fully saturated rings. The summed E-state index contributed by atoms with van der Waals surface area (Å²) in [6.45, 7) is 1.44. The third kappa shape index (κ3) is 1.63. The summed E-state index contributed by atoms with van der Waals surface area (Å²) in [5.74, 6) is 0. The number of nitrogen functional groups attached to an aromatic ring is 1. The van der Waals surface area contributed by atoms with Gasteiger partial charge >= 0.3 is 0 Å². The molecule has 13 heavy (non-hydrogen) atoms. The van der Waals surface area contributed by atoms with Crippen LogP contribution in [0.4, 0.5) is 14.5 Å². The first-order valence-corrected chi connectivity index (χ1v) is 3.56. The molecule has 1 aromatic rings. The van der Waals surface area contributed by atoms with Crippen LogP contribution in [0.2, 0.25) is 0 Å². The summed E-state index contributed by atoms with van der Waals surface area (Å²) in [4.78, 5) is 13.8. The number of alkyl halides is 2. The van der Waals surface area contributed by atoms with Gasteiger partial charge in [-0.15, -0.1) is 0 Å². The number of pyridine rings is 1. The molecule has 0 aliphatic carbocycles. The van der Waals surface area contributed by atoms with Crippen molar-refractivity contribution >= 4 is 12.0 Å². The maximum Gasteiger partial charge on any atom is 0.265 e. The zero-order valence-electron chi connectivity index (χ0n) is 6.92. The Morgan fingerprint density at radius 3 is 2.69 bits per heavy atom. The van der Waals surface area contributed by atoms with Crippen molar-refractivity contribution in [1.29, 1.82) is 0 Å². The summed E-state index contributed by atoms with van der Waals surface area (Å²) in [6, 6.07) is 0. The number of nitrogens with two attached hydrogens (primary N) is 1. The van der Waals surface area contributed by atoms with E-state index in [9.17, 15) is 13.6 Å². The zero-order chi connectivity index (χ0) is 10.0. The normalized spacial score (nSPS) is 10.5. The van der Waals surface area contributed by atoms with Gasteiger partial charge in [-0.1, -0.05) is 0 Å². The van der Waals surface area contributed by atoms with Crippen LogP contribution >= 0.6 is 0 Å². The van der Waals surface area contributed by atoms with E-state index in [1.54, 1.807) is 0 Å². The highest BCUT2D eigenvalue weighted by molar-refractivity contribution is 5.81. The molecule has 0 aliphatic rings. The second-order valence-electron chi connectivity index (χ2n) is 2.56. The molecule has 0 saturated carbocycles. The van der Waals surface area contributed by atoms with Gasteiger partial charge in [-0.2, -0.15) is 0 Å². The molecule has 0 radical (unpaired) electrons. The Labute approximate surface area is 73.6 Å². The number of nitrogens with zero attached hydrogens (tertiary/aromatic N) is 1. The lowest BCUT2D eigenvalue weighted by molar-refractivity contribution is 0.111. The first-order valence-electron chi connectivity index (χ1n) is 3.56. The van der Waals surface area contributed by atoms with Crippen LogP contribution in [0.5, 0.6) is 0 Å². The fourth-order valence-corrected chi connectivity index (χ4v) is 0.967. The van der Waals surface area contributed by atoms with Gasteiger partial charge in [-0.05, 0) is 12.5 Å². The summed E-state index contributed by atoms with van der Waals surface area (Å²) < 4.78 is 24.5. The molecule has 1 aromatic heterocycles. The largest absolute Gasteiger partial charge is 0.397 e. The van der Waals surface area contributed by atoms with E-state index in [2.05, 4.69) is 4.98 Å². The van der Waals surface area contributed by atoms with Crippen molar-refractivity contribution in [3.05, 3.63) is 23.0 Å². The maximum absolute atomic E-state index is 12.3. The summed E-state index contributed by atoms with van der Waals surface area (Å²) in [6.07, 6.45) is -1.20. The highest BCUT2D eigenvalue weighted by Crippen LogP contribution is 2.26. The van der Waals surface area contributed by atoms with Gasteiger partial charge < -0.3 is 5.73 Å². The summed E-state index contributed by atoms with van der Waals surface area (Å²) in [5.41, 5.74) is 5.41. The number of carbonyl (C=O) groups is 1. The van der Waals surface area contributed by atoms with Crippen LogP contribution in [0.1, 0.15) is 28.0 Å². The molecule has 0 saturated heterocycles. The molecular weight excluding hydrogens is 178 g/mol. The number of hydrogen-bond acceptors (Lipinski definition) is 3. The second kappa shape index (κ2) is 3.47. The average Bonchev–Trinajstić information content (AvgIpc) is 2.09. The van der Waals surface area contributed by atoms with Gasteiger partial charge in [-0.25, -0.2) is 8.78 Å². The standard InChI is InChI=1S/C8H8F2N2O/c1-4-5(8(9)10)2-12-6(3-13)7(4)11/h2-3,8H,11H2,1H3. The lowest BCUT2D eigenvalue weighted by atomic mass is 10.1. The van der Waals surface area contributed by atoms with Crippen molar-refractivity contribution in [2.24, 2.45) is 0 Å². The smallest absolute Gasteiger partial charge is 0.265 e. The van der Waals surface area contributed by atoms with Gasteiger partial charge in [0.1, 0.15) is 5.69 Å². The van der Waals surface area contributed by atoms with Crippen LogP contribution in [0.25, 0.3) is 0 Å². The van der Waals surface area contributed by atoms with Crippen LogP contribution in [0.3, 0.4) is 0 Å². The zero-order valence-corrected chi connectivity index (χ0v) is 6.92. The molecule has 0 spiro atoms. The number of rotatable bonds is 2. The average molecular weight is 186 g/mol.